The van der Waals surface area contributed by atoms with E-state index >= 15 is 0 Å². The van der Waals surface area contributed by atoms with E-state index < -0.39 is 0 Å². The van der Waals surface area contributed by atoms with Gasteiger partial charge in [0.1, 0.15) is 6.04 Å². The summed E-state index contributed by atoms with van der Waals surface area (Å²) in [6.07, 6.45) is 4.39. The molecule has 148 valence electrons. The molecular formula is C21H23N7O. The Kier molecular flexibility index (Phi) is 4.28. The van der Waals surface area contributed by atoms with E-state index in [9.17, 15) is 4.79 Å². The lowest BCUT2D eigenvalue weighted by atomic mass is 10.1. The molecule has 0 aliphatic carbocycles. The number of hydrogen-bond acceptors (Lipinski definition) is 6. The second-order valence-electron chi connectivity index (χ2n) is 7.80. The highest BCUT2D eigenvalue weighted by atomic mass is 16.2. The summed E-state index contributed by atoms with van der Waals surface area (Å²) in [6, 6.07) is 7.88. The molecule has 0 saturated carbocycles. The van der Waals surface area contributed by atoms with Crippen LogP contribution in [-0.2, 0) is 11.3 Å². The molecule has 1 amide bonds. The zero-order valence-electron chi connectivity index (χ0n) is 16.5. The van der Waals surface area contributed by atoms with Gasteiger partial charge in [0.15, 0.2) is 5.82 Å². The number of nitrogens with zero attached hydrogens (tertiary/aromatic N) is 5. The quantitative estimate of drug-likeness (QED) is 0.707. The Balaban J connectivity index is 1.48. The molecule has 1 atom stereocenters. The maximum Gasteiger partial charge on any atom is 0.244 e. The fourth-order valence-electron chi connectivity index (χ4n) is 4.00. The first-order chi connectivity index (χ1) is 14.1. The summed E-state index contributed by atoms with van der Waals surface area (Å²) in [5.74, 6) is 0.703. The standard InChI is InChI=1S/C21H23N7O/c1-27(2)12-14-11-24-16-4-3-13(9-15(14)16)20-22-6-5-17(25-20)18-10-19-21(29)23-7-8-28(19)26-18/h3-6,9,11,19,24H,7-8,10,12H2,1-2H3,(H,23,29). The molecular weight excluding hydrogens is 366 g/mol. The van der Waals surface area contributed by atoms with E-state index in [4.69, 9.17) is 4.98 Å². The van der Waals surface area contributed by atoms with Crippen molar-refractivity contribution in [2.24, 2.45) is 5.10 Å². The van der Waals surface area contributed by atoms with Crippen molar-refractivity contribution in [2.75, 3.05) is 27.2 Å². The number of piperazine rings is 1. The molecule has 2 aliphatic rings. The van der Waals surface area contributed by atoms with Gasteiger partial charge in [-0.25, -0.2) is 9.97 Å². The molecule has 2 aliphatic heterocycles. The van der Waals surface area contributed by atoms with E-state index in [1.165, 1.54) is 10.9 Å². The number of rotatable bonds is 4. The lowest BCUT2D eigenvalue weighted by molar-refractivity contribution is -0.128. The van der Waals surface area contributed by atoms with Crippen molar-refractivity contribution in [2.45, 2.75) is 19.0 Å². The summed E-state index contributed by atoms with van der Waals surface area (Å²) in [5, 5.41) is 10.6. The molecule has 2 N–H and O–H groups in total. The number of hydrazone groups is 1. The van der Waals surface area contributed by atoms with Crippen molar-refractivity contribution in [3.05, 3.63) is 47.9 Å². The minimum atomic E-state index is -0.220. The molecule has 8 heteroatoms. The molecule has 0 bridgehead atoms. The number of aromatic amines is 1. The highest BCUT2D eigenvalue weighted by Gasteiger charge is 2.35. The molecule has 3 aromatic rings. The number of H-pyrrole nitrogens is 1. The zero-order valence-corrected chi connectivity index (χ0v) is 16.5. The van der Waals surface area contributed by atoms with Crippen LogP contribution in [-0.4, -0.2) is 69.7 Å². The molecule has 1 unspecified atom stereocenters. The van der Waals surface area contributed by atoms with Gasteiger partial charge in [-0.15, -0.1) is 0 Å². The lowest BCUT2D eigenvalue weighted by Gasteiger charge is -2.27. The van der Waals surface area contributed by atoms with E-state index in [1.807, 2.05) is 17.1 Å². The molecule has 4 heterocycles. The molecule has 1 fully saturated rings. The van der Waals surface area contributed by atoms with Crippen LogP contribution in [0.2, 0.25) is 0 Å². The van der Waals surface area contributed by atoms with Crippen molar-refractivity contribution in [1.29, 1.82) is 0 Å². The number of nitrogens with one attached hydrogen (secondary N) is 2. The Hall–Kier alpha value is -3.26. The Morgan fingerprint density at radius 2 is 2.17 bits per heavy atom. The Bertz CT molecular complexity index is 1120. The summed E-state index contributed by atoms with van der Waals surface area (Å²) >= 11 is 0. The Morgan fingerprint density at radius 3 is 3.00 bits per heavy atom. The number of carbonyl (C=O) groups excluding carboxylic acids is 1. The average Bonchev–Trinajstić information content (AvgIpc) is 3.33. The summed E-state index contributed by atoms with van der Waals surface area (Å²) in [6.45, 7) is 2.23. The first kappa shape index (κ1) is 17.8. The minimum Gasteiger partial charge on any atom is -0.361 e. The van der Waals surface area contributed by atoms with Gasteiger partial charge >= 0.3 is 0 Å². The maximum atomic E-state index is 12.1. The van der Waals surface area contributed by atoms with Crippen LogP contribution in [0.15, 0.2) is 41.8 Å². The van der Waals surface area contributed by atoms with E-state index in [1.54, 1.807) is 6.20 Å². The highest BCUT2D eigenvalue weighted by Crippen LogP contribution is 2.26. The van der Waals surface area contributed by atoms with Gasteiger partial charge in [-0.05, 0) is 43.9 Å². The highest BCUT2D eigenvalue weighted by molar-refractivity contribution is 6.04. The van der Waals surface area contributed by atoms with Crippen molar-refractivity contribution >= 4 is 22.5 Å². The van der Waals surface area contributed by atoms with Crippen LogP contribution in [0.1, 0.15) is 17.7 Å². The van der Waals surface area contributed by atoms with Gasteiger partial charge in [0, 0.05) is 48.4 Å². The largest absolute Gasteiger partial charge is 0.361 e. The van der Waals surface area contributed by atoms with Crippen molar-refractivity contribution in [3.8, 4) is 11.4 Å². The number of benzene rings is 1. The van der Waals surface area contributed by atoms with E-state index in [0.717, 1.165) is 35.6 Å². The van der Waals surface area contributed by atoms with Crippen LogP contribution in [0.4, 0.5) is 0 Å². The minimum absolute atomic E-state index is 0.0376. The Labute approximate surface area is 168 Å². The maximum absolute atomic E-state index is 12.1. The number of aromatic nitrogens is 3. The zero-order chi connectivity index (χ0) is 20.0. The fourth-order valence-corrected chi connectivity index (χ4v) is 4.00. The first-order valence-electron chi connectivity index (χ1n) is 9.79. The molecule has 29 heavy (non-hydrogen) atoms. The molecule has 5 rings (SSSR count). The van der Waals surface area contributed by atoms with Gasteiger partial charge < -0.3 is 15.2 Å². The van der Waals surface area contributed by atoms with Crippen LogP contribution >= 0.6 is 0 Å². The first-order valence-corrected chi connectivity index (χ1v) is 9.79. The lowest BCUT2D eigenvalue weighted by Crippen LogP contribution is -2.51. The van der Waals surface area contributed by atoms with Gasteiger partial charge in [-0.3, -0.25) is 9.80 Å². The van der Waals surface area contributed by atoms with Gasteiger partial charge in [0.2, 0.25) is 5.91 Å². The third-order valence-corrected chi connectivity index (χ3v) is 5.40. The van der Waals surface area contributed by atoms with Gasteiger partial charge in [0.05, 0.1) is 18.0 Å². The van der Waals surface area contributed by atoms with Crippen LogP contribution < -0.4 is 5.32 Å². The summed E-state index contributed by atoms with van der Waals surface area (Å²) in [4.78, 5) is 26.8. The third kappa shape index (κ3) is 3.25. The topological polar surface area (TPSA) is 89.5 Å². The second-order valence-corrected chi connectivity index (χ2v) is 7.80. The molecule has 2 aromatic heterocycles. The summed E-state index contributed by atoms with van der Waals surface area (Å²) in [5.41, 5.74) is 4.93. The molecule has 0 spiro atoms. The van der Waals surface area contributed by atoms with Crippen molar-refractivity contribution in [1.82, 2.24) is 30.2 Å². The summed E-state index contributed by atoms with van der Waals surface area (Å²) in [7, 11) is 4.12. The molecule has 0 radical (unpaired) electrons. The van der Waals surface area contributed by atoms with Gasteiger partial charge in [0.25, 0.3) is 0 Å². The third-order valence-electron chi connectivity index (χ3n) is 5.40. The number of hydrogen-bond donors (Lipinski definition) is 2. The van der Waals surface area contributed by atoms with Crippen LogP contribution in [0.3, 0.4) is 0 Å². The van der Waals surface area contributed by atoms with Crippen LogP contribution in [0.25, 0.3) is 22.3 Å². The number of fused-ring (bicyclic) bond motifs is 2. The smallest absolute Gasteiger partial charge is 0.244 e. The van der Waals surface area contributed by atoms with Gasteiger partial charge in [-0.2, -0.15) is 5.10 Å². The van der Waals surface area contributed by atoms with E-state index in [2.05, 4.69) is 57.7 Å². The molecule has 1 aromatic carbocycles. The van der Waals surface area contributed by atoms with E-state index in [-0.39, 0.29) is 11.9 Å². The second kappa shape index (κ2) is 6.97. The molecule has 1 saturated heterocycles. The predicted octanol–water partition coefficient (Wildman–Crippen LogP) is 1.59. The van der Waals surface area contributed by atoms with Gasteiger partial charge in [-0.1, -0.05) is 0 Å². The monoisotopic (exact) mass is 389 g/mol. The number of carbonyl (C=O) groups is 1. The van der Waals surface area contributed by atoms with Crippen LogP contribution in [0.5, 0.6) is 0 Å². The average molecular weight is 389 g/mol. The van der Waals surface area contributed by atoms with Crippen molar-refractivity contribution in [3.63, 3.8) is 0 Å². The van der Waals surface area contributed by atoms with Crippen molar-refractivity contribution < 1.29 is 4.79 Å². The SMILES string of the molecule is CN(C)Cc1c[nH]c2ccc(-c3nccc(C4=NN5CCNC(=O)C5C4)n3)cc12. The van der Waals surface area contributed by atoms with E-state index in [0.29, 0.717) is 18.8 Å². The van der Waals surface area contributed by atoms with Crippen LogP contribution in [0, 0.1) is 0 Å². The number of amides is 1. The predicted molar refractivity (Wildman–Crippen MR) is 111 cm³/mol. The fraction of sp³-hybridized carbons (Fsp3) is 0.333. The summed E-state index contributed by atoms with van der Waals surface area (Å²) < 4.78 is 0. The molecule has 8 nitrogen and oxygen atoms in total. The Morgan fingerprint density at radius 1 is 1.28 bits per heavy atom. The normalized spacial score (nSPS) is 18.9.